The highest BCUT2D eigenvalue weighted by Gasteiger charge is 2.16. The quantitative estimate of drug-likeness (QED) is 0.886. The molecule has 110 valence electrons. The molecule has 0 aliphatic carbocycles. The number of fused-ring (bicyclic) bond motifs is 1. The van der Waals surface area contributed by atoms with Crippen LogP contribution in [0.25, 0.3) is 10.8 Å². The van der Waals surface area contributed by atoms with E-state index in [9.17, 15) is 9.59 Å². The van der Waals surface area contributed by atoms with Crippen LogP contribution in [0, 0.1) is 0 Å². The fourth-order valence-electron chi connectivity index (χ4n) is 2.08. The number of hydrogen-bond acceptors (Lipinski definition) is 2. The Balaban J connectivity index is 2.06. The van der Waals surface area contributed by atoms with Gasteiger partial charge in [0.2, 0.25) is 5.91 Å². The van der Waals surface area contributed by atoms with Crippen LogP contribution in [-0.4, -0.2) is 24.4 Å². The minimum absolute atomic E-state index is 0.161. The summed E-state index contributed by atoms with van der Waals surface area (Å²) in [7, 11) is 0. The average molecular weight is 284 g/mol. The van der Waals surface area contributed by atoms with Gasteiger partial charge in [0.25, 0.3) is 5.91 Å². The molecular weight excluding hydrogens is 264 g/mol. The zero-order chi connectivity index (χ0) is 15.2. The number of rotatable bonds is 5. The van der Waals surface area contributed by atoms with Crippen LogP contribution < -0.4 is 10.6 Å². The monoisotopic (exact) mass is 284 g/mol. The van der Waals surface area contributed by atoms with Crippen molar-refractivity contribution in [2.24, 2.45) is 0 Å². The van der Waals surface area contributed by atoms with Crippen molar-refractivity contribution < 1.29 is 9.59 Å². The first-order valence-electron chi connectivity index (χ1n) is 7.19. The van der Waals surface area contributed by atoms with Gasteiger partial charge in [0.1, 0.15) is 6.04 Å². The van der Waals surface area contributed by atoms with E-state index in [1.165, 1.54) is 0 Å². The number of carbonyl (C=O) groups is 2. The van der Waals surface area contributed by atoms with Gasteiger partial charge in [-0.2, -0.15) is 0 Å². The van der Waals surface area contributed by atoms with Crippen molar-refractivity contribution in [2.75, 3.05) is 6.54 Å². The average Bonchev–Trinajstić information content (AvgIpc) is 2.51. The van der Waals surface area contributed by atoms with Crippen molar-refractivity contribution in [3.63, 3.8) is 0 Å². The molecule has 4 heteroatoms. The molecule has 0 unspecified atom stereocenters. The molecule has 0 radical (unpaired) electrons. The van der Waals surface area contributed by atoms with Crippen LogP contribution in [0.4, 0.5) is 0 Å². The lowest BCUT2D eigenvalue weighted by Gasteiger charge is -2.14. The Kier molecular flexibility index (Phi) is 4.93. The van der Waals surface area contributed by atoms with Gasteiger partial charge >= 0.3 is 0 Å². The van der Waals surface area contributed by atoms with Crippen LogP contribution in [0.3, 0.4) is 0 Å². The number of hydrogen-bond donors (Lipinski definition) is 2. The summed E-state index contributed by atoms with van der Waals surface area (Å²) in [4.78, 5) is 23.9. The maximum atomic E-state index is 12.2. The second kappa shape index (κ2) is 6.88. The fourth-order valence-corrected chi connectivity index (χ4v) is 2.08. The van der Waals surface area contributed by atoms with Crippen LogP contribution in [-0.2, 0) is 4.79 Å². The van der Waals surface area contributed by atoms with Gasteiger partial charge < -0.3 is 10.6 Å². The molecule has 0 spiro atoms. The van der Waals surface area contributed by atoms with Gasteiger partial charge in [-0.25, -0.2) is 0 Å². The molecule has 1 atom stereocenters. The van der Waals surface area contributed by atoms with E-state index in [2.05, 4.69) is 10.6 Å². The topological polar surface area (TPSA) is 58.2 Å². The van der Waals surface area contributed by atoms with Crippen LogP contribution in [0.5, 0.6) is 0 Å². The number of benzene rings is 2. The number of amides is 2. The first-order valence-corrected chi connectivity index (χ1v) is 7.19. The van der Waals surface area contributed by atoms with E-state index in [0.29, 0.717) is 12.1 Å². The summed E-state index contributed by atoms with van der Waals surface area (Å²) in [5.41, 5.74) is 0.559. The van der Waals surface area contributed by atoms with Crippen molar-refractivity contribution in [2.45, 2.75) is 26.3 Å². The predicted molar refractivity (Wildman–Crippen MR) is 84.2 cm³/mol. The van der Waals surface area contributed by atoms with Gasteiger partial charge in [-0.15, -0.1) is 0 Å². The van der Waals surface area contributed by atoms with Crippen LogP contribution in [0.2, 0.25) is 0 Å². The molecule has 2 amide bonds. The van der Waals surface area contributed by atoms with Crippen molar-refractivity contribution in [1.29, 1.82) is 0 Å². The number of nitrogens with one attached hydrogen (secondary N) is 2. The second-order valence-corrected chi connectivity index (χ2v) is 5.05. The Morgan fingerprint density at radius 3 is 2.52 bits per heavy atom. The van der Waals surface area contributed by atoms with Crippen LogP contribution >= 0.6 is 0 Å². The molecule has 0 aromatic heterocycles. The van der Waals surface area contributed by atoms with Crippen LogP contribution in [0.1, 0.15) is 30.6 Å². The Morgan fingerprint density at radius 2 is 1.81 bits per heavy atom. The predicted octanol–water partition coefficient (Wildman–Crippen LogP) is 2.48. The summed E-state index contributed by atoms with van der Waals surface area (Å²) in [5.74, 6) is -0.397. The molecule has 0 aliphatic rings. The second-order valence-electron chi connectivity index (χ2n) is 5.05. The maximum Gasteiger partial charge on any atom is 0.251 e. The van der Waals surface area contributed by atoms with E-state index in [4.69, 9.17) is 0 Å². The van der Waals surface area contributed by atoms with E-state index in [0.717, 1.165) is 17.2 Å². The molecule has 2 aromatic rings. The Morgan fingerprint density at radius 1 is 1.10 bits per heavy atom. The highest BCUT2D eigenvalue weighted by atomic mass is 16.2. The summed E-state index contributed by atoms with van der Waals surface area (Å²) in [6, 6.07) is 12.8. The van der Waals surface area contributed by atoms with Crippen molar-refractivity contribution >= 4 is 22.6 Å². The zero-order valence-corrected chi connectivity index (χ0v) is 12.3. The van der Waals surface area contributed by atoms with Gasteiger partial charge in [0.15, 0.2) is 0 Å². The van der Waals surface area contributed by atoms with Gasteiger partial charge in [0, 0.05) is 12.1 Å². The molecule has 0 aliphatic heterocycles. The lowest BCUT2D eigenvalue weighted by molar-refractivity contribution is -0.122. The van der Waals surface area contributed by atoms with Gasteiger partial charge in [-0.1, -0.05) is 37.3 Å². The Labute approximate surface area is 124 Å². The normalized spacial score (nSPS) is 11.9. The third-order valence-corrected chi connectivity index (χ3v) is 3.30. The maximum absolute atomic E-state index is 12.2. The van der Waals surface area contributed by atoms with Gasteiger partial charge in [0.05, 0.1) is 0 Å². The van der Waals surface area contributed by atoms with Crippen molar-refractivity contribution in [1.82, 2.24) is 10.6 Å². The first kappa shape index (κ1) is 15.0. The molecule has 0 heterocycles. The Hall–Kier alpha value is -2.36. The molecule has 0 saturated carbocycles. The van der Waals surface area contributed by atoms with E-state index in [1.807, 2.05) is 43.3 Å². The molecule has 2 aromatic carbocycles. The Bertz CT molecular complexity index is 652. The SMILES string of the molecule is CCCNC(=O)[C@H](C)NC(=O)c1ccc2ccccc2c1. The van der Waals surface area contributed by atoms with E-state index in [-0.39, 0.29) is 11.8 Å². The summed E-state index contributed by atoms with van der Waals surface area (Å²) >= 11 is 0. The molecule has 0 fully saturated rings. The van der Waals surface area contributed by atoms with E-state index >= 15 is 0 Å². The van der Waals surface area contributed by atoms with Crippen molar-refractivity contribution in [3.05, 3.63) is 48.0 Å². The van der Waals surface area contributed by atoms with Crippen LogP contribution in [0.15, 0.2) is 42.5 Å². The molecular formula is C17H20N2O2. The highest BCUT2D eigenvalue weighted by Crippen LogP contribution is 2.15. The molecule has 21 heavy (non-hydrogen) atoms. The minimum Gasteiger partial charge on any atom is -0.354 e. The first-order chi connectivity index (χ1) is 10.1. The standard InChI is InChI=1S/C17H20N2O2/c1-3-10-18-16(20)12(2)19-17(21)15-9-8-13-6-4-5-7-14(13)11-15/h4-9,11-12H,3,10H2,1-2H3,(H,18,20)(H,19,21)/t12-/m0/s1. The number of carbonyl (C=O) groups excluding carboxylic acids is 2. The molecule has 2 rings (SSSR count). The van der Waals surface area contributed by atoms with Gasteiger partial charge in [-0.3, -0.25) is 9.59 Å². The zero-order valence-electron chi connectivity index (χ0n) is 12.3. The summed E-state index contributed by atoms with van der Waals surface area (Å²) < 4.78 is 0. The molecule has 2 N–H and O–H groups in total. The fraction of sp³-hybridized carbons (Fsp3) is 0.294. The molecule has 0 saturated heterocycles. The molecule has 0 bridgehead atoms. The lowest BCUT2D eigenvalue weighted by Crippen LogP contribution is -2.44. The van der Waals surface area contributed by atoms with E-state index in [1.54, 1.807) is 13.0 Å². The summed E-state index contributed by atoms with van der Waals surface area (Å²) in [6.45, 7) is 4.29. The van der Waals surface area contributed by atoms with E-state index < -0.39 is 6.04 Å². The van der Waals surface area contributed by atoms with Crippen molar-refractivity contribution in [3.8, 4) is 0 Å². The molecule has 4 nitrogen and oxygen atoms in total. The summed E-state index contributed by atoms with van der Waals surface area (Å²) in [5, 5.41) is 7.58. The smallest absolute Gasteiger partial charge is 0.251 e. The largest absolute Gasteiger partial charge is 0.354 e. The lowest BCUT2D eigenvalue weighted by atomic mass is 10.1. The third-order valence-electron chi connectivity index (χ3n) is 3.30. The third kappa shape index (κ3) is 3.81. The minimum atomic E-state index is -0.546. The summed E-state index contributed by atoms with van der Waals surface area (Å²) in [6.07, 6.45) is 0.872. The highest BCUT2D eigenvalue weighted by molar-refractivity contribution is 6.00. The van der Waals surface area contributed by atoms with Gasteiger partial charge in [-0.05, 0) is 36.2 Å².